The van der Waals surface area contributed by atoms with Crippen molar-refractivity contribution in [1.82, 2.24) is 10.2 Å². The van der Waals surface area contributed by atoms with Gasteiger partial charge in [0, 0.05) is 35.8 Å². The maximum atomic E-state index is 11.9. The molecular formula is C15H22BrN3O2. The largest absolute Gasteiger partial charge is 0.379 e. The molecule has 1 fully saturated rings. The van der Waals surface area contributed by atoms with E-state index in [9.17, 15) is 4.79 Å². The van der Waals surface area contributed by atoms with Crippen LogP contribution in [0.5, 0.6) is 0 Å². The summed E-state index contributed by atoms with van der Waals surface area (Å²) in [5, 5.41) is 6.13. The summed E-state index contributed by atoms with van der Waals surface area (Å²) in [6, 6.07) is 7.84. The number of hydrogen-bond donors (Lipinski definition) is 2. The van der Waals surface area contributed by atoms with Crippen molar-refractivity contribution in [2.75, 3.05) is 44.7 Å². The third-order valence-electron chi connectivity index (χ3n) is 3.37. The van der Waals surface area contributed by atoms with Crippen LogP contribution in [-0.2, 0) is 9.53 Å². The quantitative estimate of drug-likeness (QED) is 0.815. The average molecular weight is 356 g/mol. The van der Waals surface area contributed by atoms with Crippen LogP contribution in [0.3, 0.4) is 0 Å². The first-order chi connectivity index (χ1) is 10.1. The maximum Gasteiger partial charge on any atom is 0.238 e. The number of hydrogen-bond acceptors (Lipinski definition) is 4. The molecule has 1 heterocycles. The fourth-order valence-electron chi connectivity index (χ4n) is 2.24. The number of morpholine rings is 1. The first-order valence-electron chi connectivity index (χ1n) is 7.22. The second kappa shape index (κ2) is 8.48. The lowest BCUT2D eigenvalue weighted by Crippen LogP contribution is -2.46. The zero-order valence-electron chi connectivity index (χ0n) is 12.3. The molecule has 2 rings (SSSR count). The van der Waals surface area contributed by atoms with Crippen LogP contribution < -0.4 is 10.6 Å². The Labute approximate surface area is 134 Å². The van der Waals surface area contributed by atoms with Crippen LogP contribution >= 0.6 is 15.9 Å². The smallest absolute Gasteiger partial charge is 0.238 e. The Hall–Kier alpha value is -0.950. The van der Waals surface area contributed by atoms with Crippen molar-refractivity contribution < 1.29 is 9.53 Å². The van der Waals surface area contributed by atoms with E-state index in [1.54, 1.807) is 0 Å². The highest BCUT2D eigenvalue weighted by molar-refractivity contribution is 9.10. The number of anilines is 1. The standard InChI is InChI=1S/C15H22BrN3O2/c1-12(11-19-6-8-21-9-7-19)17-10-15(20)18-14-4-2-13(16)3-5-14/h2-5,12,17H,6-11H2,1H3,(H,18,20). The van der Waals surface area contributed by atoms with Gasteiger partial charge in [-0.05, 0) is 31.2 Å². The van der Waals surface area contributed by atoms with Crippen LogP contribution in [0.25, 0.3) is 0 Å². The van der Waals surface area contributed by atoms with Gasteiger partial charge in [-0.3, -0.25) is 9.69 Å². The summed E-state index contributed by atoms with van der Waals surface area (Å²) in [7, 11) is 0. The first-order valence-corrected chi connectivity index (χ1v) is 8.01. The Morgan fingerprint density at radius 2 is 2.00 bits per heavy atom. The highest BCUT2D eigenvalue weighted by atomic mass is 79.9. The number of carbonyl (C=O) groups excluding carboxylic acids is 1. The van der Waals surface area contributed by atoms with Crippen molar-refractivity contribution in [3.8, 4) is 0 Å². The molecule has 1 aromatic carbocycles. The molecule has 1 atom stereocenters. The Bertz CT molecular complexity index is 447. The van der Waals surface area contributed by atoms with Gasteiger partial charge in [-0.25, -0.2) is 0 Å². The Morgan fingerprint density at radius 3 is 2.67 bits per heavy atom. The number of amides is 1. The van der Waals surface area contributed by atoms with Crippen LogP contribution in [0, 0.1) is 0 Å². The molecule has 0 aromatic heterocycles. The van der Waals surface area contributed by atoms with Gasteiger partial charge < -0.3 is 15.4 Å². The minimum absolute atomic E-state index is 0.0221. The molecule has 1 aliphatic rings. The Morgan fingerprint density at radius 1 is 1.33 bits per heavy atom. The number of ether oxygens (including phenoxy) is 1. The maximum absolute atomic E-state index is 11.9. The lowest BCUT2D eigenvalue weighted by molar-refractivity contribution is -0.115. The summed E-state index contributed by atoms with van der Waals surface area (Å²) in [6.07, 6.45) is 0. The van der Waals surface area contributed by atoms with Crippen LogP contribution in [-0.4, -0.2) is 56.2 Å². The van der Waals surface area contributed by atoms with Gasteiger partial charge in [0.1, 0.15) is 0 Å². The highest BCUT2D eigenvalue weighted by Crippen LogP contribution is 2.13. The Balaban J connectivity index is 1.66. The molecule has 0 aliphatic carbocycles. The van der Waals surface area contributed by atoms with E-state index in [1.165, 1.54) is 0 Å². The summed E-state index contributed by atoms with van der Waals surface area (Å²) in [4.78, 5) is 14.2. The van der Waals surface area contributed by atoms with Crippen molar-refractivity contribution in [2.45, 2.75) is 13.0 Å². The topological polar surface area (TPSA) is 53.6 Å². The van der Waals surface area contributed by atoms with Crippen LogP contribution in [0.2, 0.25) is 0 Å². The molecule has 21 heavy (non-hydrogen) atoms. The Kier molecular flexibility index (Phi) is 6.63. The third kappa shape index (κ3) is 6.13. The summed E-state index contributed by atoms with van der Waals surface area (Å²) < 4.78 is 6.32. The first kappa shape index (κ1) is 16.4. The lowest BCUT2D eigenvalue weighted by Gasteiger charge is -2.29. The minimum atomic E-state index is -0.0221. The number of nitrogens with zero attached hydrogens (tertiary/aromatic N) is 1. The number of carbonyl (C=O) groups is 1. The molecule has 1 aromatic rings. The number of nitrogens with one attached hydrogen (secondary N) is 2. The van der Waals surface area contributed by atoms with Gasteiger partial charge in [0.25, 0.3) is 0 Å². The zero-order chi connectivity index (χ0) is 15.1. The molecule has 2 N–H and O–H groups in total. The summed E-state index contributed by atoms with van der Waals surface area (Å²) >= 11 is 3.37. The van der Waals surface area contributed by atoms with Crippen LogP contribution in [0.15, 0.2) is 28.7 Å². The fraction of sp³-hybridized carbons (Fsp3) is 0.533. The molecule has 116 valence electrons. The van der Waals surface area contributed by atoms with E-state index in [1.807, 2.05) is 24.3 Å². The van der Waals surface area contributed by atoms with Gasteiger partial charge in [-0.1, -0.05) is 15.9 Å². The molecule has 1 saturated heterocycles. The summed E-state index contributed by atoms with van der Waals surface area (Å²) in [5.41, 5.74) is 0.811. The number of halogens is 1. The van der Waals surface area contributed by atoms with E-state index in [2.05, 4.69) is 38.4 Å². The molecule has 0 spiro atoms. The van der Waals surface area contributed by atoms with Crippen molar-refractivity contribution in [1.29, 1.82) is 0 Å². The minimum Gasteiger partial charge on any atom is -0.379 e. The number of benzene rings is 1. The molecular weight excluding hydrogens is 334 g/mol. The van der Waals surface area contributed by atoms with Gasteiger partial charge in [0.15, 0.2) is 0 Å². The van der Waals surface area contributed by atoms with E-state index < -0.39 is 0 Å². The zero-order valence-corrected chi connectivity index (χ0v) is 13.9. The molecule has 0 bridgehead atoms. The third-order valence-corrected chi connectivity index (χ3v) is 3.90. The van der Waals surface area contributed by atoms with E-state index in [0.717, 1.165) is 43.0 Å². The van der Waals surface area contributed by atoms with Crippen molar-refractivity contribution in [3.05, 3.63) is 28.7 Å². The summed E-state index contributed by atoms with van der Waals surface area (Å²) in [5.74, 6) is -0.0221. The van der Waals surface area contributed by atoms with E-state index in [4.69, 9.17) is 4.74 Å². The van der Waals surface area contributed by atoms with E-state index in [0.29, 0.717) is 6.54 Å². The van der Waals surface area contributed by atoms with Gasteiger partial charge in [0.2, 0.25) is 5.91 Å². The van der Waals surface area contributed by atoms with E-state index >= 15 is 0 Å². The monoisotopic (exact) mass is 355 g/mol. The summed E-state index contributed by atoms with van der Waals surface area (Å²) in [6.45, 7) is 6.90. The van der Waals surface area contributed by atoms with Gasteiger partial charge in [0.05, 0.1) is 19.8 Å². The van der Waals surface area contributed by atoms with Crippen molar-refractivity contribution >= 4 is 27.5 Å². The SMILES string of the molecule is CC(CN1CCOCC1)NCC(=O)Nc1ccc(Br)cc1. The predicted octanol–water partition coefficient (Wildman–Crippen LogP) is 1.70. The van der Waals surface area contributed by atoms with E-state index in [-0.39, 0.29) is 11.9 Å². The normalized spacial score (nSPS) is 17.4. The van der Waals surface area contributed by atoms with Crippen molar-refractivity contribution in [3.63, 3.8) is 0 Å². The second-order valence-corrected chi connectivity index (χ2v) is 6.17. The van der Waals surface area contributed by atoms with Crippen LogP contribution in [0.1, 0.15) is 6.92 Å². The molecule has 0 saturated carbocycles. The van der Waals surface area contributed by atoms with Gasteiger partial charge >= 0.3 is 0 Å². The molecule has 1 amide bonds. The average Bonchev–Trinajstić information content (AvgIpc) is 2.49. The molecule has 1 aliphatic heterocycles. The van der Waals surface area contributed by atoms with Gasteiger partial charge in [-0.15, -0.1) is 0 Å². The fourth-order valence-corrected chi connectivity index (χ4v) is 2.51. The lowest BCUT2D eigenvalue weighted by atomic mass is 10.2. The molecule has 1 unspecified atom stereocenters. The predicted molar refractivity (Wildman–Crippen MR) is 87.5 cm³/mol. The molecule has 5 nitrogen and oxygen atoms in total. The second-order valence-electron chi connectivity index (χ2n) is 5.25. The highest BCUT2D eigenvalue weighted by Gasteiger charge is 2.14. The molecule has 6 heteroatoms. The van der Waals surface area contributed by atoms with Gasteiger partial charge in [-0.2, -0.15) is 0 Å². The molecule has 0 radical (unpaired) electrons. The number of rotatable bonds is 6. The van der Waals surface area contributed by atoms with Crippen LogP contribution in [0.4, 0.5) is 5.69 Å². The van der Waals surface area contributed by atoms with Crippen molar-refractivity contribution in [2.24, 2.45) is 0 Å².